The van der Waals surface area contributed by atoms with E-state index in [-0.39, 0.29) is 0 Å². The molecule has 4 nitrogen and oxygen atoms in total. The molecule has 0 atom stereocenters. The Morgan fingerprint density at radius 3 is 1.12 bits per heavy atom. The third-order valence-electron chi connectivity index (χ3n) is 10.9. The summed E-state index contributed by atoms with van der Waals surface area (Å²) in [5.41, 5.74) is 14.0. The molecule has 0 bridgehead atoms. The summed E-state index contributed by atoms with van der Waals surface area (Å²) in [5, 5.41) is 4.99. The molecule has 56 heavy (non-hydrogen) atoms. The van der Waals surface area contributed by atoms with E-state index in [1.165, 1.54) is 43.6 Å². The van der Waals surface area contributed by atoms with Gasteiger partial charge in [-0.25, -0.2) is 9.97 Å². The van der Waals surface area contributed by atoms with Crippen LogP contribution < -0.4 is 0 Å². The number of benzene rings is 8. The molecule has 0 saturated heterocycles. The molecule has 0 amide bonds. The van der Waals surface area contributed by atoms with Gasteiger partial charge < -0.3 is 9.13 Å². The van der Waals surface area contributed by atoms with Crippen LogP contribution in [0.5, 0.6) is 0 Å². The molecule has 4 heteroatoms. The summed E-state index contributed by atoms with van der Waals surface area (Å²) < 4.78 is 4.72. The highest BCUT2D eigenvalue weighted by Crippen LogP contribution is 2.36. The Labute approximate surface area is 324 Å². The Balaban J connectivity index is 1.03. The van der Waals surface area contributed by atoms with Crippen LogP contribution in [0.15, 0.2) is 206 Å². The molecular weight excluding hydrogens is 681 g/mol. The van der Waals surface area contributed by atoms with E-state index in [0.29, 0.717) is 5.82 Å². The van der Waals surface area contributed by atoms with E-state index in [4.69, 9.17) is 9.97 Å². The van der Waals surface area contributed by atoms with Gasteiger partial charge in [0.1, 0.15) is 0 Å². The summed E-state index contributed by atoms with van der Waals surface area (Å²) in [6.45, 7) is 0. The van der Waals surface area contributed by atoms with Crippen LogP contribution in [0.4, 0.5) is 0 Å². The first kappa shape index (κ1) is 31.9. The van der Waals surface area contributed by atoms with Crippen LogP contribution >= 0.6 is 0 Å². The first-order valence-electron chi connectivity index (χ1n) is 19.0. The van der Waals surface area contributed by atoms with Crippen LogP contribution in [0, 0.1) is 0 Å². The molecular formula is C52H34N4. The van der Waals surface area contributed by atoms with E-state index in [2.05, 4.69) is 197 Å². The maximum absolute atomic E-state index is 5.19. The fourth-order valence-corrected chi connectivity index (χ4v) is 8.35. The van der Waals surface area contributed by atoms with Crippen LogP contribution in [-0.4, -0.2) is 19.1 Å². The molecule has 262 valence electrons. The van der Waals surface area contributed by atoms with Crippen molar-refractivity contribution in [3.63, 3.8) is 0 Å². The van der Waals surface area contributed by atoms with Crippen LogP contribution in [0.3, 0.4) is 0 Å². The second-order valence-electron chi connectivity index (χ2n) is 14.2. The lowest BCUT2D eigenvalue weighted by atomic mass is 10.00. The number of fused-ring (bicyclic) bond motifs is 6. The van der Waals surface area contributed by atoms with E-state index in [0.717, 1.165) is 50.6 Å². The molecule has 3 heterocycles. The molecule has 0 aliphatic rings. The first-order chi connectivity index (χ1) is 27.8. The predicted molar refractivity (Wildman–Crippen MR) is 232 cm³/mol. The summed E-state index contributed by atoms with van der Waals surface area (Å²) >= 11 is 0. The van der Waals surface area contributed by atoms with E-state index >= 15 is 0 Å². The molecule has 0 radical (unpaired) electrons. The lowest BCUT2D eigenvalue weighted by Crippen LogP contribution is -1.98. The summed E-state index contributed by atoms with van der Waals surface area (Å²) in [7, 11) is 0. The molecule has 0 fully saturated rings. The molecule has 0 unspecified atom stereocenters. The number of nitrogens with zero attached hydrogens (tertiary/aromatic N) is 4. The van der Waals surface area contributed by atoms with E-state index in [1.807, 2.05) is 18.2 Å². The third-order valence-corrected chi connectivity index (χ3v) is 10.9. The Bertz CT molecular complexity index is 3150. The number of para-hydroxylation sites is 4. The third kappa shape index (κ3) is 5.31. The molecule has 0 aliphatic heterocycles. The van der Waals surface area contributed by atoms with Gasteiger partial charge in [-0.3, -0.25) is 0 Å². The van der Waals surface area contributed by atoms with Gasteiger partial charge in [-0.1, -0.05) is 146 Å². The summed E-state index contributed by atoms with van der Waals surface area (Å²) in [4.78, 5) is 10.4. The topological polar surface area (TPSA) is 35.6 Å². The number of hydrogen-bond donors (Lipinski definition) is 0. The van der Waals surface area contributed by atoms with Crippen LogP contribution in [0.25, 0.3) is 100 Å². The van der Waals surface area contributed by atoms with Crippen molar-refractivity contribution in [2.75, 3.05) is 0 Å². The minimum Gasteiger partial charge on any atom is -0.309 e. The fraction of sp³-hybridized carbons (Fsp3) is 0. The Kier molecular flexibility index (Phi) is 7.46. The standard InChI is InChI=1S/C52H34N4/c1-2-15-35(16-3-1)52-53-46(34-47(54-52)39-20-14-22-41(33-39)56-50-29-10-6-25-44(50)45-26-7-11-30-51(45)56)38-19-12-17-36(31-38)37-18-13-21-40(32-37)55-48-27-8-4-23-42(48)43-24-5-9-28-49(43)55/h1-34H. The predicted octanol–water partition coefficient (Wildman–Crippen LogP) is 13.3. The van der Waals surface area contributed by atoms with Gasteiger partial charge in [0.05, 0.1) is 33.5 Å². The summed E-state index contributed by atoms with van der Waals surface area (Å²) in [6, 6.07) is 73.2. The smallest absolute Gasteiger partial charge is 0.160 e. The fourth-order valence-electron chi connectivity index (χ4n) is 8.35. The van der Waals surface area contributed by atoms with Crippen molar-refractivity contribution in [3.8, 4) is 56.4 Å². The van der Waals surface area contributed by atoms with Crippen LogP contribution in [-0.2, 0) is 0 Å². The van der Waals surface area contributed by atoms with Gasteiger partial charge in [0.2, 0.25) is 0 Å². The van der Waals surface area contributed by atoms with Crippen molar-refractivity contribution in [1.82, 2.24) is 19.1 Å². The van der Waals surface area contributed by atoms with Gasteiger partial charge in [0.25, 0.3) is 0 Å². The second kappa shape index (κ2) is 13.1. The van der Waals surface area contributed by atoms with Crippen LogP contribution in [0.1, 0.15) is 0 Å². The molecule has 3 aromatic heterocycles. The Hall–Kier alpha value is -7.56. The highest BCUT2D eigenvalue weighted by Gasteiger charge is 2.16. The number of aromatic nitrogens is 4. The zero-order valence-corrected chi connectivity index (χ0v) is 30.4. The largest absolute Gasteiger partial charge is 0.309 e. The average Bonchev–Trinajstić information content (AvgIpc) is 3.80. The van der Waals surface area contributed by atoms with Crippen LogP contribution in [0.2, 0.25) is 0 Å². The zero-order chi connectivity index (χ0) is 37.0. The zero-order valence-electron chi connectivity index (χ0n) is 30.4. The normalized spacial score (nSPS) is 11.6. The minimum atomic E-state index is 0.694. The van der Waals surface area contributed by atoms with Crippen molar-refractivity contribution in [2.24, 2.45) is 0 Å². The maximum Gasteiger partial charge on any atom is 0.160 e. The van der Waals surface area contributed by atoms with Gasteiger partial charge in [-0.15, -0.1) is 0 Å². The monoisotopic (exact) mass is 714 g/mol. The van der Waals surface area contributed by atoms with E-state index in [1.54, 1.807) is 0 Å². The van der Waals surface area contributed by atoms with Crippen molar-refractivity contribution >= 4 is 43.6 Å². The van der Waals surface area contributed by atoms with Gasteiger partial charge in [-0.2, -0.15) is 0 Å². The summed E-state index contributed by atoms with van der Waals surface area (Å²) in [6.07, 6.45) is 0. The minimum absolute atomic E-state index is 0.694. The lowest BCUT2D eigenvalue weighted by molar-refractivity contribution is 1.16. The van der Waals surface area contributed by atoms with Gasteiger partial charge in [-0.05, 0) is 71.8 Å². The van der Waals surface area contributed by atoms with Crippen molar-refractivity contribution in [3.05, 3.63) is 206 Å². The van der Waals surface area contributed by atoms with E-state index in [9.17, 15) is 0 Å². The van der Waals surface area contributed by atoms with Gasteiger partial charge in [0.15, 0.2) is 5.82 Å². The average molecular weight is 715 g/mol. The molecule has 0 aliphatic carbocycles. The first-order valence-corrected chi connectivity index (χ1v) is 19.0. The number of hydrogen-bond acceptors (Lipinski definition) is 2. The van der Waals surface area contributed by atoms with Gasteiger partial charge >= 0.3 is 0 Å². The lowest BCUT2D eigenvalue weighted by Gasteiger charge is -2.13. The molecule has 11 aromatic rings. The van der Waals surface area contributed by atoms with Gasteiger partial charge in [0, 0.05) is 49.6 Å². The maximum atomic E-state index is 5.19. The molecule has 8 aromatic carbocycles. The molecule has 0 saturated carbocycles. The SMILES string of the molecule is c1ccc(-c2nc(-c3cccc(-c4cccc(-n5c6ccccc6c6ccccc65)c4)c3)cc(-c3cccc(-n4c5ccccc5c5ccccc54)c3)n2)cc1. The molecule has 0 N–H and O–H groups in total. The Morgan fingerprint density at radius 1 is 0.268 bits per heavy atom. The molecule has 0 spiro atoms. The number of rotatable bonds is 6. The highest BCUT2D eigenvalue weighted by atomic mass is 15.0. The highest BCUT2D eigenvalue weighted by molar-refractivity contribution is 6.10. The second-order valence-corrected chi connectivity index (χ2v) is 14.2. The summed E-state index contributed by atoms with van der Waals surface area (Å²) in [5.74, 6) is 0.694. The quantitative estimate of drug-likeness (QED) is 0.172. The van der Waals surface area contributed by atoms with E-state index < -0.39 is 0 Å². The Morgan fingerprint density at radius 2 is 0.625 bits per heavy atom. The van der Waals surface area contributed by atoms with Crippen molar-refractivity contribution in [1.29, 1.82) is 0 Å². The molecule has 11 rings (SSSR count). The van der Waals surface area contributed by atoms with Crippen molar-refractivity contribution < 1.29 is 0 Å². The van der Waals surface area contributed by atoms with Crippen molar-refractivity contribution in [2.45, 2.75) is 0 Å².